The van der Waals surface area contributed by atoms with Crippen LogP contribution in [0, 0.1) is 18.8 Å². The number of fused-ring (bicyclic) bond motifs is 1. The SMILES string of the molecule is CCc1ccc(OC[C@@H]2[C@H]3CC[C@H](c4nc(CO)cs4)O[C@H]3C[C@@H]2O)cc1C. The fraction of sp³-hybridized carbons (Fsp3) is 0.591. The van der Waals surface area contributed by atoms with Crippen LogP contribution in [0.4, 0.5) is 0 Å². The van der Waals surface area contributed by atoms with Crippen LogP contribution in [0.25, 0.3) is 0 Å². The molecule has 1 saturated heterocycles. The third-order valence-electron chi connectivity index (χ3n) is 6.24. The molecule has 4 rings (SSSR count). The molecule has 0 amide bonds. The zero-order valence-corrected chi connectivity index (χ0v) is 17.3. The smallest absolute Gasteiger partial charge is 0.122 e. The summed E-state index contributed by atoms with van der Waals surface area (Å²) in [6.45, 7) is 4.76. The molecule has 1 saturated carbocycles. The number of aryl methyl sites for hydroxylation is 2. The minimum Gasteiger partial charge on any atom is -0.493 e. The van der Waals surface area contributed by atoms with Crippen LogP contribution in [0.1, 0.15) is 54.1 Å². The molecule has 28 heavy (non-hydrogen) atoms. The third-order valence-corrected chi connectivity index (χ3v) is 7.23. The van der Waals surface area contributed by atoms with Gasteiger partial charge in [-0.1, -0.05) is 13.0 Å². The monoisotopic (exact) mass is 403 g/mol. The van der Waals surface area contributed by atoms with Crippen LogP contribution < -0.4 is 4.74 Å². The summed E-state index contributed by atoms with van der Waals surface area (Å²) in [4.78, 5) is 4.46. The van der Waals surface area contributed by atoms with Crippen LogP contribution in [0.3, 0.4) is 0 Å². The summed E-state index contributed by atoms with van der Waals surface area (Å²) in [5.74, 6) is 1.29. The molecule has 2 aromatic rings. The first kappa shape index (κ1) is 19.8. The number of benzene rings is 1. The number of thiazole rings is 1. The zero-order chi connectivity index (χ0) is 19.7. The molecule has 152 valence electrons. The zero-order valence-electron chi connectivity index (χ0n) is 16.5. The molecule has 2 aliphatic rings. The van der Waals surface area contributed by atoms with Crippen molar-refractivity contribution < 1.29 is 19.7 Å². The predicted octanol–water partition coefficient (Wildman–Crippen LogP) is 3.80. The van der Waals surface area contributed by atoms with Crippen molar-refractivity contribution in [1.82, 2.24) is 4.98 Å². The molecule has 1 aliphatic carbocycles. The first-order valence-electron chi connectivity index (χ1n) is 10.2. The molecule has 2 fully saturated rings. The van der Waals surface area contributed by atoms with E-state index in [1.807, 2.05) is 11.4 Å². The van der Waals surface area contributed by atoms with Gasteiger partial charge in [0.2, 0.25) is 0 Å². The van der Waals surface area contributed by atoms with Crippen molar-refractivity contribution in [2.24, 2.45) is 11.8 Å². The van der Waals surface area contributed by atoms with Gasteiger partial charge in [-0.15, -0.1) is 11.3 Å². The summed E-state index contributed by atoms with van der Waals surface area (Å²) in [6.07, 6.45) is 3.20. The molecule has 0 unspecified atom stereocenters. The van der Waals surface area contributed by atoms with Crippen LogP contribution in [0.15, 0.2) is 23.6 Å². The maximum Gasteiger partial charge on any atom is 0.122 e. The highest BCUT2D eigenvalue weighted by molar-refractivity contribution is 7.09. The van der Waals surface area contributed by atoms with Crippen LogP contribution in [-0.4, -0.2) is 34.0 Å². The molecular weight excluding hydrogens is 374 g/mol. The van der Waals surface area contributed by atoms with E-state index in [4.69, 9.17) is 9.47 Å². The summed E-state index contributed by atoms with van der Waals surface area (Å²) in [7, 11) is 0. The molecular formula is C22H29NO4S. The largest absolute Gasteiger partial charge is 0.493 e. The van der Waals surface area contributed by atoms with Gasteiger partial charge in [0.15, 0.2) is 0 Å². The van der Waals surface area contributed by atoms with Crippen LogP contribution in [0.2, 0.25) is 0 Å². The topological polar surface area (TPSA) is 71.8 Å². The highest BCUT2D eigenvalue weighted by atomic mass is 32.1. The van der Waals surface area contributed by atoms with Gasteiger partial charge in [-0.25, -0.2) is 4.98 Å². The minimum atomic E-state index is -0.394. The summed E-state index contributed by atoms with van der Waals surface area (Å²) in [5.41, 5.74) is 3.29. The Morgan fingerprint density at radius 3 is 2.89 bits per heavy atom. The summed E-state index contributed by atoms with van der Waals surface area (Å²) >= 11 is 1.54. The number of ether oxygens (including phenoxy) is 2. The van der Waals surface area contributed by atoms with Crippen LogP contribution in [-0.2, 0) is 17.8 Å². The fourth-order valence-corrected chi connectivity index (χ4v) is 5.51. The maximum absolute atomic E-state index is 10.6. The van der Waals surface area contributed by atoms with Crippen molar-refractivity contribution in [2.45, 2.75) is 64.4 Å². The van der Waals surface area contributed by atoms with Crippen molar-refractivity contribution in [3.63, 3.8) is 0 Å². The molecule has 6 heteroatoms. The van der Waals surface area contributed by atoms with Crippen molar-refractivity contribution in [1.29, 1.82) is 0 Å². The lowest BCUT2D eigenvalue weighted by molar-refractivity contribution is -0.0812. The van der Waals surface area contributed by atoms with E-state index in [0.29, 0.717) is 24.6 Å². The number of hydrogen-bond donors (Lipinski definition) is 2. The molecule has 5 atom stereocenters. The normalized spacial score (nSPS) is 29.6. The van der Waals surface area contributed by atoms with Gasteiger partial charge in [0.25, 0.3) is 0 Å². The standard InChI is InChI=1S/C22H29NO4S/c1-3-14-4-5-16(8-13(14)2)26-11-18-17-6-7-20(27-21(17)9-19(18)25)22-23-15(10-24)12-28-22/h4-5,8,12,17-21,24-25H,3,6-7,9-11H2,1-2H3/t17-,18-,19+,20-,21+/m1/s1. The second-order valence-electron chi connectivity index (χ2n) is 7.96. The molecule has 0 radical (unpaired) electrons. The number of nitrogens with zero attached hydrogens (tertiary/aromatic N) is 1. The van der Waals surface area contributed by atoms with Gasteiger partial charge >= 0.3 is 0 Å². The first-order chi connectivity index (χ1) is 13.6. The second kappa shape index (κ2) is 8.49. The highest BCUT2D eigenvalue weighted by Crippen LogP contribution is 2.46. The molecule has 1 aliphatic heterocycles. The van der Waals surface area contributed by atoms with Gasteiger partial charge in [0.1, 0.15) is 16.9 Å². The van der Waals surface area contributed by atoms with Crippen molar-refractivity contribution >= 4 is 11.3 Å². The minimum absolute atomic E-state index is 0.0253. The number of aliphatic hydroxyl groups is 2. The lowest BCUT2D eigenvalue weighted by Crippen LogP contribution is -2.33. The van der Waals surface area contributed by atoms with Gasteiger partial charge in [0, 0.05) is 17.7 Å². The Labute approximate surface area is 170 Å². The summed E-state index contributed by atoms with van der Waals surface area (Å²) < 4.78 is 12.4. The summed E-state index contributed by atoms with van der Waals surface area (Å²) in [6, 6.07) is 6.24. The van der Waals surface area contributed by atoms with E-state index >= 15 is 0 Å². The third kappa shape index (κ3) is 3.96. The van der Waals surface area contributed by atoms with Gasteiger partial charge in [0.05, 0.1) is 31.1 Å². The molecule has 2 N–H and O–H groups in total. The average molecular weight is 404 g/mol. The molecule has 1 aromatic carbocycles. The number of rotatable bonds is 6. The predicted molar refractivity (Wildman–Crippen MR) is 109 cm³/mol. The second-order valence-corrected chi connectivity index (χ2v) is 8.85. The van der Waals surface area contributed by atoms with E-state index < -0.39 is 6.10 Å². The van der Waals surface area contributed by atoms with Crippen molar-refractivity contribution in [3.05, 3.63) is 45.4 Å². The molecule has 1 aromatic heterocycles. The molecule has 0 spiro atoms. The van der Waals surface area contributed by atoms with Crippen molar-refractivity contribution in [3.8, 4) is 5.75 Å². The highest BCUT2D eigenvalue weighted by Gasteiger charge is 2.47. The Bertz CT molecular complexity index is 808. The average Bonchev–Trinajstić information content (AvgIpc) is 3.29. The fourth-order valence-electron chi connectivity index (χ4n) is 4.63. The number of aromatic nitrogens is 1. The molecule has 0 bridgehead atoms. The Morgan fingerprint density at radius 1 is 1.32 bits per heavy atom. The van der Waals surface area contributed by atoms with Crippen molar-refractivity contribution in [2.75, 3.05) is 6.61 Å². The lowest BCUT2D eigenvalue weighted by atomic mass is 9.87. The van der Waals surface area contributed by atoms with E-state index in [-0.39, 0.29) is 24.7 Å². The quantitative estimate of drug-likeness (QED) is 0.768. The van der Waals surface area contributed by atoms with Gasteiger partial charge in [-0.2, -0.15) is 0 Å². The first-order valence-corrected chi connectivity index (χ1v) is 11.1. The van der Waals surface area contributed by atoms with Gasteiger partial charge < -0.3 is 19.7 Å². The maximum atomic E-state index is 10.6. The molecule has 2 heterocycles. The van der Waals surface area contributed by atoms with Crippen LogP contribution >= 0.6 is 11.3 Å². The van der Waals surface area contributed by atoms with E-state index in [1.165, 1.54) is 11.1 Å². The van der Waals surface area contributed by atoms with Crippen LogP contribution in [0.5, 0.6) is 5.75 Å². The Hall–Kier alpha value is -1.47. The Kier molecular flexibility index (Phi) is 6.01. The van der Waals surface area contributed by atoms with Gasteiger partial charge in [-0.05, 0) is 55.4 Å². The number of hydrogen-bond acceptors (Lipinski definition) is 6. The van der Waals surface area contributed by atoms with Gasteiger partial charge in [-0.3, -0.25) is 0 Å². The lowest BCUT2D eigenvalue weighted by Gasteiger charge is -2.33. The Balaban J connectivity index is 1.37. The van der Waals surface area contributed by atoms with E-state index in [0.717, 1.165) is 30.0 Å². The Morgan fingerprint density at radius 2 is 2.18 bits per heavy atom. The van der Waals surface area contributed by atoms with E-state index in [1.54, 1.807) is 11.3 Å². The molecule has 5 nitrogen and oxygen atoms in total. The van der Waals surface area contributed by atoms with E-state index in [2.05, 4.69) is 31.0 Å². The number of aliphatic hydroxyl groups excluding tert-OH is 2. The summed E-state index contributed by atoms with van der Waals surface area (Å²) in [5, 5.41) is 22.7. The van der Waals surface area contributed by atoms with E-state index in [9.17, 15) is 10.2 Å².